The van der Waals surface area contributed by atoms with Crippen LogP contribution in [0.25, 0.3) is 16.9 Å². The van der Waals surface area contributed by atoms with Gasteiger partial charge >= 0.3 is 5.69 Å². The van der Waals surface area contributed by atoms with Crippen molar-refractivity contribution >= 4 is 23.4 Å². The van der Waals surface area contributed by atoms with E-state index < -0.39 is 11.2 Å². The molecule has 0 amide bonds. The number of nitrogens with zero attached hydrogens (tertiary/aromatic N) is 1. The molecule has 0 saturated heterocycles. The van der Waals surface area contributed by atoms with Crippen molar-refractivity contribution in [2.24, 2.45) is 0 Å². The van der Waals surface area contributed by atoms with Gasteiger partial charge in [-0.15, -0.1) is 11.8 Å². The zero-order valence-corrected chi connectivity index (χ0v) is 13.8. The highest BCUT2D eigenvalue weighted by molar-refractivity contribution is 7.98. The molecular formula is C17H13ClN2O2S. The number of aromatic nitrogens is 2. The molecule has 0 saturated carbocycles. The smallest absolute Gasteiger partial charge is 0.274 e. The fourth-order valence-corrected chi connectivity index (χ4v) is 2.85. The zero-order chi connectivity index (χ0) is 16.4. The summed E-state index contributed by atoms with van der Waals surface area (Å²) in [6.45, 7) is 0. The Hall–Kier alpha value is -2.24. The Morgan fingerprint density at radius 3 is 2.26 bits per heavy atom. The number of benzene rings is 2. The van der Waals surface area contributed by atoms with Gasteiger partial charge in [0.2, 0.25) is 0 Å². The van der Waals surface area contributed by atoms with Crippen LogP contribution in [0.2, 0.25) is 5.02 Å². The van der Waals surface area contributed by atoms with Crippen LogP contribution in [0.5, 0.6) is 0 Å². The summed E-state index contributed by atoms with van der Waals surface area (Å²) < 4.78 is 1.46. The zero-order valence-electron chi connectivity index (χ0n) is 12.2. The molecule has 0 atom stereocenters. The number of hydrogen-bond donors (Lipinski definition) is 1. The number of H-pyrrole nitrogens is 1. The predicted octanol–water partition coefficient (Wildman–Crippen LogP) is 3.57. The van der Waals surface area contributed by atoms with Crippen molar-refractivity contribution < 1.29 is 0 Å². The van der Waals surface area contributed by atoms with Crippen molar-refractivity contribution in [1.82, 2.24) is 9.55 Å². The highest BCUT2D eigenvalue weighted by Crippen LogP contribution is 2.23. The molecular weight excluding hydrogens is 332 g/mol. The summed E-state index contributed by atoms with van der Waals surface area (Å²) in [5.41, 5.74) is 1.06. The van der Waals surface area contributed by atoms with E-state index in [0.717, 1.165) is 10.5 Å². The first-order chi connectivity index (χ1) is 11.1. The van der Waals surface area contributed by atoms with E-state index in [1.807, 2.05) is 30.5 Å². The molecule has 1 N–H and O–H groups in total. The van der Waals surface area contributed by atoms with Gasteiger partial charge in [0.25, 0.3) is 5.56 Å². The molecule has 0 bridgehead atoms. The molecule has 0 fully saturated rings. The fourth-order valence-electron chi connectivity index (χ4n) is 2.32. The van der Waals surface area contributed by atoms with E-state index in [1.165, 1.54) is 10.6 Å². The second-order valence-corrected chi connectivity index (χ2v) is 6.18. The normalized spacial score (nSPS) is 10.7. The lowest BCUT2D eigenvalue weighted by atomic mass is 10.1. The van der Waals surface area contributed by atoms with E-state index in [0.29, 0.717) is 16.4 Å². The minimum absolute atomic E-state index is 0.427. The van der Waals surface area contributed by atoms with Gasteiger partial charge in [-0.05, 0) is 48.2 Å². The van der Waals surface area contributed by atoms with Gasteiger partial charge in [-0.2, -0.15) is 0 Å². The van der Waals surface area contributed by atoms with E-state index in [1.54, 1.807) is 36.0 Å². The largest absolute Gasteiger partial charge is 0.333 e. The average molecular weight is 345 g/mol. The Morgan fingerprint density at radius 1 is 1.00 bits per heavy atom. The first kappa shape index (κ1) is 15.6. The Morgan fingerprint density at radius 2 is 1.65 bits per heavy atom. The molecule has 0 spiro atoms. The summed E-state index contributed by atoms with van der Waals surface area (Å²) in [4.78, 5) is 27.5. The average Bonchev–Trinajstić information content (AvgIpc) is 2.55. The van der Waals surface area contributed by atoms with E-state index in [9.17, 15) is 9.59 Å². The molecule has 116 valence electrons. The highest BCUT2D eigenvalue weighted by atomic mass is 35.5. The van der Waals surface area contributed by atoms with Crippen molar-refractivity contribution in [2.45, 2.75) is 4.90 Å². The minimum Gasteiger partial charge on any atom is -0.274 e. The third kappa shape index (κ3) is 3.25. The Labute approximate surface area is 141 Å². The van der Waals surface area contributed by atoms with Crippen molar-refractivity contribution in [2.75, 3.05) is 6.26 Å². The van der Waals surface area contributed by atoms with Crippen LogP contribution in [0.3, 0.4) is 0 Å². The number of aromatic amines is 1. The van der Waals surface area contributed by atoms with Crippen LogP contribution >= 0.6 is 23.4 Å². The minimum atomic E-state index is -0.483. The summed E-state index contributed by atoms with van der Waals surface area (Å²) >= 11 is 7.54. The first-order valence-corrected chi connectivity index (χ1v) is 8.45. The molecule has 0 aliphatic heterocycles. The quantitative estimate of drug-likeness (QED) is 0.739. The van der Waals surface area contributed by atoms with Crippen LogP contribution < -0.4 is 11.2 Å². The van der Waals surface area contributed by atoms with Crippen LogP contribution in [0.4, 0.5) is 0 Å². The molecule has 1 aromatic heterocycles. The Balaban J connectivity index is 2.24. The lowest BCUT2D eigenvalue weighted by Gasteiger charge is -2.12. The van der Waals surface area contributed by atoms with Gasteiger partial charge in [-0.25, -0.2) is 4.79 Å². The molecule has 0 aliphatic rings. The van der Waals surface area contributed by atoms with Gasteiger partial charge in [0.05, 0.1) is 11.4 Å². The van der Waals surface area contributed by atoms with Crippen molar-refractivity contribution in [3.05, 3.63) is 80.5 Å². The maximum atomic E-state index is 12.3. The molecule has 1 heterocycles. The van der Waals surface area contributed by atoms with Crippen molar-refractivity contribution in [3.63, 3.8) is 0 Å². The van der Waals surface area contributed by atoms with Crippen LogP contribution in [-0.2, 0) is 0 Å². The molecule has 4 nitrogen and oxygen atoms in total. The summed E-state index contributed by atoms with van der Waals surface area (Å²) in [7, 11) is 0. The third-order valence-corrected chi connectivity index (χ3v) is 4.41. The van der Waals surface area contributed by atoms with Crippen LogP contribution in [-0.4, -0.2) is 15.8 Å². The van der Waals surface area contributed by atoms with Crippen molar-refractivity contribution in [3.8, 4) is 16.9 Å². The topological polar surface area (TPSA) is 54.9 Å². The fraction of sp³-hybridized carbons (Fsp3) is 0.0588. The lowest BCUT2D eigenvalue weighted by Crippen LogP contribution is -2.29. The maximum Gasteiger partial charge on any atom is 0.333 e. The van der Waals surface area contributed by atoms with Gasteiger partial charge in [0.1, 0.15) is 0 Å². The van der Waals surface area contributed by atoms with Crippen LogP contribution in [0.15, 0.2) is 69.1 Å². The number of halogens is 1. The van der Waals surface area contributed by atoms with Crippen LogP contribution in [0, 0.1) is 0 Å². The summed E-state index contributed by atoms with van der Waals surface area (Å²) in [6.07, 6.45) is 1.99. The number of thioether (sulfide) groups is 1. The van der Waals surface area contributed by atoms with Gasteiger partial charge in [0.15, 0.2) is 0 Å². The molecule has 0 unspecified atom stereocenters. The first-order valence-electron chi connectivity index (χ1n) is 6.85. The summed E-state index contributed by atoms with van der Waals surface area (Å²) in [5.74, 6) is 0. The number of rotatable bonds is 3. The van der Waals surface area contributed by atoms with E-state index in [-0.39, 0.29) is 0 Å². The van der Waals surface area contributed by atoms with E-state index >= 15 is 0 Å². The molecule has 3 aromatic rings. The van der Waals surface area contributed by atoms with Gasteiger partial charge < -0.3 is 0 Å². The van der Waals surface area contributed by atoms with E-state index in [4.69, 9.17) is 11.6 Å². The molecule has 23 heavy (non-hydrogen) atoms. The standard InChI is InChI=1S/C17H13ClN2O2S/c1-23-14-8-2-11(3-9-14)15-10-16(21)19-17(22)20(15)13-6-4-12(18)5-7-13/h2-10H,1H3,(H,19,21,22). The monoisotopic (exact) mass is 344 g/mol. The van der Waals surface area contributed by atoms with Gasteiger partial charge in [0, 0.05) is 16.0 Å². The predicted molar refractivity (Wildman–Crippen MR) is 94.9 cm³/mol. The molecule has 2 aromatic carbocycles. The second-order valence-electron chi connectivity index (χ2n) is 4.86. The SMILES string of the molecule is CSc1ccc(-c2cc(=O)[nH]c(=O)n2-c2ccc(Cl)cc2)cc1. The lowest BCUT2D eigenvalue weighted by molar-refractivity contribution is 0.905. The molecule has 0 aliphatic carbocycles. The summed E-state index contributed by atoms with van der Waals surface area (Å²) in [6, 6.07) is 16.0. The van der Waals surface area contributed by atoms with Gasteiger partial charge in [-0.1, -0.05) is 23.7 Å². The van der Waals surface area contributed by atoms with Crippen molar-refractivity contribution in [1.29, 1.82) is 0 Å². The Kier molecular flexibility index (Phi) is 4.41. The van der Waals surface area contributed by atoms with Gasteiger partial charge in [-0.3, -0.25) is 14.3 Å². The highest BCUT2D eigenvalue weighted by Gasteiger charge is 2.10. The van der Waals surface area contributed by atoms with Crippen LogP contribution in [0.1, 0.15) is 0 Å². The molecule has 6 heteroatoms. The molecule has 3 rings (SSSR count). The summed E-state index contributed by atoms with van der Waals surface area (Å²) in [5, 5.41) is 0.581. The molecule has 0 radical (unpaired) electrons. The second kappa shape index (κ2) is 6.48. The third-order valence-electron chi connectivity index (χ3n) is 3.41. The number of hydrogen-bond acceptors (Lipinski definition) is 3. The Bertz CT molecular complexity index is 944. The van der Waals surface area contributed by atoms with E-state index in [2.05, 4.69) is 4.98 Å². The number of nitrogens with one attached hydrogen (secondary N) is 1. The maximum absolute atomic E-state index is 12.3.